The van der Waals surface area contributed by atoms with E-state index in [0.29, 0.717) is 0 Å². The molecule has 0 aromatic rings. The topological polar surface area (TPSA) is 104 Å². The van der Waals surface area contributed by atoms with Crippen molar-refractivity contribution in [3.63, 3.8) is 0 Å². The van der Waals surface area contributed by atoms with Crippen LogP contribution in [0.2, 0.25) is 0 Å². The van der Waals surface area contributed by atoms with Crippen LogP contribution in [-0.4, -0.2) is 39.9 Å². The predicted molar refractivity (Wildman–Crippen MR) is 54.9 cm³/mol. The number of carbonyl (C=O) groups is 3. The van der Waals surface area contributed by atoms with Crippen LogP contribution < -0.4 is 5.32 Å². The zero-order chi connectivity index (χ0) is 11.8. The van der Waals surface area contributed by atoms with Gasteiger partial charge < -0.3 is 15.5 Å². The third-order valence-electron chi connectivity index (χ3n) is 1.61. The molecule has 7 heteroatoms. The Labute approximate surface area is 92.1 Å². The van der Waals surface area contributed by atoms with Gasteiger partial charge in [0.25, 0.3) is 0 Å². The van der Waals surface area contributed by atoms with Crippen LogP contribution in [0.1, 0.15) is 19.3 Å². The molecule has 0 rings (SSSR count). The van der Waals surface area contributed by atoms with Crippen molar-refractivity contribution in [2.75, 3.05) is 5.75 Å². The van der Waals surface area contributed by atoms with Gasteiger partial charge in [-0.05, 0) is 6.42 Å². The Morgan fingerprint density at radius 1 is 1.20 bits per heavy atom. The van der Waals surface area contributed by atoms with Gasteiger partial charge in [-0.1, -0.05) is 0 Å². The Morgan fingerprint density at radius 3 is 2.20 bits per heavy atom. The second-order valence-electron chi connectivity index (χ2n) is 2.89. The van der Waals surface area contributed by atoms with Gasteiger partial charge in [-0.2, -0.15) is 12.6 Å². The summed E-state index contributed by atoms with van der Waals surface area (Å²) in [5.41, 5.74) is 0. The summed E-state index contributed by atoms with van der Waals surface area (Å²) in [7, 11) is 0. The quantitative estimate of drug-likeness (QED) is 0.455. The number of rotatable bonds is 7. The zero-order valence-electron chi connectivity index (χ0n) is 7.97. The molecular weight excluding hydrogens is 222 g/mol. The van der Waals surface area contributed by atoms with Crippen LogP contribution in [0.3, 0.4) is 0 Å². The van der Waals surface area contributed by atoms with Gasteiger partial charge in [0.2, 0.25) is 5.91 Å². The van der Waals surface area contributed by atoms with Crippen LogP contribution in [0, 0.1) is 0 Å². The highest BCUT2D eigenvalue weighted by atomic mass is 32.1. The Hall–Kier alpha value is -1.24. The minimum absolute atomic E-state index is 0.00000386. The standard InChI is InChI=1S/C8H13NO5S/c10-6(2-1-3-7(11)12)9-5(4-15)8(13)14/h5,15H,1-4H2,(H,9,10)(H,11,12)(H,13,14)/t5-/m0/s1. The average Bonchev–Trinajstić information content (AvgIpc) is 2.13. The van der Waals surface area contributed by atoms with E-state index in [9.17, 15) is 14.4 Å². The van der Waals surface area contributed by atoms with Crippen LogP contribution in [0.5, 0.6) is 0 Å². The molecule has 0 aliphatic carbocycles. The fraction of sp³-hybridized carbons (Fsp3) is 0.625. The second kappa shape index (κ2) is 7.10. The number of carbonyl (C=O) groups excluding carboxylic acids is 1. The van der Waals surface area contributed by atoms with Gasteiger partial charge in [0.05, 0.1) is 0 Å². The number of carboxylic acids is 2. The summed E-state index contributed by atoms with van der Waals surface area (Å²) in [6, 6.07) is -1.02. The molecule has 0 fully saturated rings. The average molecular weight is 235 g/mol. The van der Waals surface area contributed by atoms with E-state index in [2.05, 4.69) is 17.9 Å². The molecule has 0 saturated heterocycles. The first-order valence-corrected chi connectivity index (χ1v) is 4.95. The summed E-state index contributed by atoms with van der Waals surface area (Å²) in [6.07, 6.45) is 0.0932. The SMILES string of the molecule is O=C(O)CCCC(=O)N[C@@H](CS)C(=O)O. The molecule has 0 saturated carbocycles. The van der Waals surface area contributed by atoms with Gasteiger partial charge in [0, 0.05) is 18.6 Å². The Bertz CT molecular complexity index is 255. The molecular formula is C8H13NO5S. The summed E-state index contributed by atoms with van der Waals surface area (Å²) < 4.78 is 0. The monoisotopic (exact) mass is 235 g/mol. The summed E-state index contributed by atoms with van der Waals surface area (Å²) >= 11 is 3.76. The van der Waals surface area contributed by atoms with E-state index < -0.39 is 23.9 Å². The lowest BCUT2D eigenvalue weighted by molar-refractivity contribution is -0.141. The molecule has 0 aliphatic heterocycles. The van der Waals surface area contributed by atoms with E-state index in [1.165, 1.54) is 0 Å². The van der Waals surface area contributed by atoms with Crippen molar-refractivity contribution in [3.8, 4) is 0 Å². The van der Waals surface area contributed by atoms with Crippen LogP contribution in [0.25, 0.3) is 0 Å². The lowest BCUT2D eigenvalue weighted by atomic mass is 10.2. The molecule has 1 amide bonds. The normalized spacial score (nSPS) is 11.8. The third-order valence-corrected chi connectivity index (χ3v) is 1.98. The van der Waals surface area contributed by atoms with Gasteiger partial charge in [-0.15, -0.1) is 0 Å². The van der Waals surface area contributed by atoms with Crippen molar-refractivity contribution in [1.29, 1.82) is 0 Å². The van der Waals surface area contributed by atoms with E-state index in [0.717, 1.165) is 0 Å². The third kappa shape index (κ3) is 6.78. The highest BCUT2D eigenvalue weighted by molar-refractivity contribution is 7.80. The molecule has 0 bridgehead atoms. The molecule has 0 aromatic carbocycles. The number of thiol groups is 1. The molecule has 1 atom stereocenters. The molecule has 3 N–H and O–H groups in total. The smallest absolute Gasteiger partial charge is 0.327 e. The van der Waals surface area contributed by atoms with Crippen molar-refractivity contribution in [2.45, 2.75) is 25.3 Å². The Balaban J connectivity index is 3.81. The van der Waals surface area contributed by atoms with Gasteiger partial charge in [-0.25, -0.2) is 4.79 Å². The van der Waals surface area contributed by atoms with Crippen LogP contribution in [-0.2, 0) is 14.4 Å². The minimum atomic E-state index is -1.16. The lowest BCUT2D eigenvalue weighted by Gasteiger charge is -2.11. The number of amides is 1. The van der Waals surface area contributed by atoms with E-state index >= 15 is 0 Å². The fourth-order valence-corrected chi connectivity index (χ4v) is 1.10. The molecule has 0 aliphatic rings. The number of aliphatic carboxylic acids is 2. The van der Waals surface area contributed by atoms with Gasteiger partial charge in [0.15, 0.2) is 0 Å². The van der Waals surface area contributed by atoms with Gasteiger partial charge >= 0.3 is 11.9 Å². The zero-order valence-corrected chi connectivity index (χ0v) is 8.87. The summed E-state index contributed by atoms with van der Waals surface area (Å²) in [5, 5.41) is 19.1. The van der Waals surface area contributed by atoms with Crippen LogP contribution in [0.15, 0.2) is 0 Å². The van der Waals surface area contributed by atoms with Crippen molar-refractivity contribution in [3.05, 3.63) is 0 Å². The number of hydrogen-bond acceptors (Lipinski definition) is 4. The molecule has 0 spiro atoms. The Kier molecular flexibility index (Phi) is 6.52. The molecule has 0 heterocycles. The second-order valence-corrected chi connectivity index (χ2v) is 3.25. The maximum absolute atomic E-state index is 11.1. The van der Waals surface area contributed by atoms with Crippen molar-refractivity contribution in [2.24, 2.45) is 0 Å². The maximum atomic E-state index is 11.1. The maximum Gasteiger partial charge on any atom is 0.327 e. The molecule has 0 unspecified atom stereocenters. The lowest BCUT2D eigenvalue weighted by Crippen LogP contribution is -2.42. The molecule has 15 heavy (non-hydrogen) atoms. The number of nitrogens with one attached hydrogen (secondary N) is 1. The first-order valence-electron chi connectivity index (χ1n) is 4.32. The highest BCUT2D eigenvalue weighted by Crippen LogP contribution is 1.97. The van der Waals surface area contributed by atoms with E-state index in [4.69, 9.17) is 10.2 Å². The van der Waals surface area contributed by atoms with E-state index in [-0.39, 0.29) is 25.0 Å². The molecule has 0 radical (unpaired) electrons. The molecule has 6 nitrogen and oxygen atoms in total. The van der Waals surface area contributed by atoms with E-state index in [1.54, 1.807) is 0 Å². The minimum Gasteiger partial charge on any atom is -0.481 e. The Morgan fingerprint density at radius 2 is 1.80 bits per heavy atom. The van der Waals surface area contributed by atoms with Crippen LogP contribution in [0.4, 0.5) is 0 Å². The number of hydrogen-bond donors (Lipinski definition) is 4. The van der Waals surface area contributed by atoms with Gasteiger partial charge in [-0.3, -0.25) is 9.59 Å². The summed E-state index contributed by atoms with van der Waals surface area (Å²) in [5.74, 6) is -2.61. The molecule has 0 aromatic heterocycles. The predicted octanol–water partition coefficient (Wildman–Crippen LogP) is -0.260. The highest BCUT2D eigenvalue weighted by Gasteiger charge is 2.17. The largest absolute Gasteiger partial charge is 0.481 e. The van der Waals surface area contributed by atoms with Crippen molar-refractivity contribution in [1.82, 2.24) is 5.32 Å². The summed E-state index contributed by atoms with van der Waals surface area (Å²) in [4.78, 5) is 31.7. The number of carboxylic acid groups (broad SMARTS) is 2. The molecule has 86 valence electrons. The first kappa shape index (κ1) is 13.8. The van der Waals surface area contributed by atoms with Crippen molar-refractivity contribution >= 4 is 30.5 Å². The summed E-state index contributed by atoms with van der Waals surface area (Å²) in [6.45, 7) is 0. The van der Waals surface area contributed by atoms with E-state index in [1.807, 2.05) is 0 Å². The van der Waals surface area contributed by atoms with Crippen molar-refractivity contribution < 1.29 is 24.6 Å². The van der Waals surface area contributed by atoms with Gasteiger partial charge in [0.1, 0.15) is 6.04 Å². The van der Waals surface area contributed by atoms with Crippen LogP contribution >= 0.6 is 12.6 Å². The first-order chi connectivity index (χ1) is 6.97. The fourth-order valence-electron chi connectivity index (χ4n) is 0.852.